The maximum absolute atomic E-state index is 11.6. The Labute approximate surface area is 120 Å². The predicted molar refractivity (Wildman–Crippen MR) is 79.0 cm³/mol. The van der Waals surface area contributed by atoms with Gasteiger partial charge in [-0.25, -0.2) is 0 Å². The topological polar surface area (TPSA) is 61.8 Å². The minimum Gasteiger partial charge on any atom is -0.508 e. The van der Waals surface area contributed by atoms with Gasteiger partial charge in [0.25, 0.3) is 0 Å². The summed E-state index contributed by atoms with van der Waals surface area (Å²) in [6.07, 6.45) is 0.313. The van der Waals surface area contributed by atoms with E-state index in [0.717, 1.165) is 19.6 Å². The molecule has 0 aromatic heterocycles. The van der Waals surface area contributed by atoms with E-state index in [1.807, 2.05) is 0 Å². The van der Waals surface area contributed by atoms with Crippen LogP contribution < -0.4 is 10.1 Å². The summed E-state index contributed by atoms with van der Waals surface area (Å²) in [6.45, 7) is 8.03. The van der Waals surface area contributed by atoms with E-state index >= 15 is 0 Å². The Morgan fingerprint density at radius 2 is 2.10 bits per heavy atom. The Balaban J connectivity index is 2.14. The van der Waals surface area contributed by atoms with Crippen LogP contribution in [0.4, 0.5) is 0 Å². The molecule has 0 bridgehead atoms. The van der Waals surface area contributed by atoms with Gasteiger partial charge in [0.15, 0.2) is 0 Å². The van der Waals surface area contributed by atoms with Crippen molar-refractivity contribution in [2.45, 2.75) is 20.3 Å². The molecule has 0 saturated carbocycles. The van der Waals surface area contributed by atoms with Gasteiger partial charge in [0.2, 0.25) is 5.91 Å². The number of carbonyl (C=O) groups is 1. The zero-order chi connectivity index (χ0) is 14.8. The lowest BCUT2D eigenvalue weighted by atomic mass is 10.3. The molecule has 0 heterocycles. The minimum absolute atomic E-state index is 0.0164. The van der Waals surface area contributed by atoms with E-state index in [-0.39, 0.29) is 11.7 Å². The number of nitrogens with one attached hydrogen (secondary N) is 1. The zero-order valence-corrected chi connectivity index (χ0v) is 12.3. The Bertz CT molecular complexity index is 406. The summed E-state index contributed by atoms with van der Waals surface area (Å²) in [5, 5.41) is 12.1. The summed E-state index contributed by atoms with van der Waals surface area (Å²) in [6, 6.07) is 6.55. The molecule has 112 valence electrons. The molecule has 1 aromatic rings. The van der Waals surface area contributed by atoms with E-state index in [1.165, 1.54) is 6.07 Å². The van der Waals surface area contributed by atoms with E-state index in [9.17, 15) is 9.90 Å². The van der Waals surface area contributed by atoms with E-state index in [0.29, 0.717) is 25.3 Å². The Morgan fingerprint density at radius 3 is 2.75 bits per heavy atom. The van der Waals surface area contributed by atoms with E-state index in [4.69, 9.17) is 4.74 Å². The average Bonchev–Trinajstić information content (AvgIpc) is 2.44. The molecule has 0 aliphatic rings. The highest BCUT2D eigenvalue weighted by Gasteiger charge is 2.03. The smallest absolute Gasteiger partial charge is 0.223 e. The number of likely N-dealkylation sites (N-methyl/N-ethyl adjacent to an activating group) is 1. The molecular formula is C15H24N2O3. The highest BCUT2D eigenvalue weighted by atomic mass is 16.5. The van der Waals surface area contributed by atoms with Crippen molar-refractivity contribution in [1.29, 1.82) is 0 Å². The van der Waals surface area contributed by atoms with Crippen molar-refractivity contribution < 1.29 is 14.6 Å². The van der Waals surface area contributed by atoms with Gasteiger partial charge in [0.05, 0.1) is 13.0 Å². The third kappa shape index (κ3) is 6.43. The molecule has 0 fully saturated rings. The molecule has 0 saturated heterocycles. The quantitative estimate of drug-likeness (QED) is 0.721. The average molecular weight is 280 g/mol. The van der Waals surface area contributed by atoms with Crippen LogP contribution in [-0.2, 0) is 4.79 Å². The molecule has 5 heteroatoms. The first kappa shape index (κ1) is 16.3. The van der Waals surface area contributed by atoms with Gasteiger partial charge < -0.3 is 20.1 Å². The van der Waals surface area contributed by atoms with Crippen molar-refractivity contribution in [2.75, 3.05) is 32.8 Å². The number of carbonyl (C=O) groups excluding carboxylic acids is 1. The zero-order valence-electron chi connectivity index (χ0n) is 12.3. The van der Waals surface area contributed by atoms with Crippen molar-refractivity contribution in [3.05, 3.63) is 24.3 Å². The lowest BCUT2D eigenvalue weighted by molar-refractivity contribution is -0.121. The van der Waals surface area contributed by atoms with Crippen LogP contribution in [0.15, 0.2) is 24.3 Å². The fourth-order valence-corrected chi connectivity index (χ4v) is 1.82. The molecule has 0 unspecified atom stereocenters. The van der Waals surface area contributed by atoms with Crippen LogP contribution in [0.2, 0.25) is 0 Å². The Kier molecular flexibility index (Phi) is 7.50. The van der Waals surface area contributed by atoms with Crippen LogP contribution in [0, 0.1) is 0 Å². The highest BCUT2D eigenvalue weighted by Crippen LogP contribution is 2.17. The highest BCUT2D eigenvalue weighted by molar-refractivity contribution is 5.75. The summed E-state index contributed by atoms with van der Waals surface area (Å²) in [7, 11) is 0. The SMILES string of the molecule is CCN(CC)CCNC(=O)CCOc1cccc(O)c1. The first-order valence-electron chi connectivity index (χ1n) is 7.06. The third-order valence-corrected chi connectivity index (χ3v) is 3.06. The molecule has 1 aromatic carbocycles. The molecule has 20 heavy (non-hydrogen) atoms. The molecule has 0 radical (unpaired) electrons. The van der Waals surface area contributed by atoms with Crippen LogP contribution >= 0.6 is 0 Å². The van der Waals surface area contributed by atoms with Crippen LogP contribution in [0.1, 0.15) is 20.3 Å². The lowest BCUT2D eigenvalue weighted by Gasteiger charge is -2.17. The fourth-order valence-electron chi connectivity index (χ4n) is 1.82. The normalized spacial score (nSPS) is 10.6. The maximum atomic E-state index is 11.6. The van der Waals surface area contributed by atoms with Crippen LogP contribution in [0.5, 0.6) is 11.5 Å². The fraction of sp³-hybridized carbons (Fsp3) is 0.533. The standard InChI is InChI=1S/C15H24N2O3/c1-3-17(4-2)10-9-16-15(19)8-11-20-14-7-5-6-13(18)12-14/h5-7,12,18H,3-4,8-11H2,1-2H3,(H,16,19). The van der Waals surface area contributed by atoms with Crippen LogP contribution in [0.3, 0.4) is 0 Å². The monoisotopic (exact) mass is 280 g/mol. The number of benzene rings is 1. The molecule has 0 aliphatic heterocycles. The molecule has 1 amide bonds. The first-order valence-corrected chi connectivity index (χ1v) is 7.06. The summed E-state index contributed by atoms with van der Waals surface area (Å²) < 4.78 is 5.40. The van der Waals surface area contributed by atoms with Gasteiger partial charge in [-0.2, -0.15) is 0 Å². The van der Waals surface area contributed by atoms with Crippen molar-refractivity contribution in [3.63, 3.8) is 0 Å². The minimum atomic E-state index is -0.0164. The van der Waals surface area contributed by atoms with Crippen LogP contribution in [0.25, 0.3) is 0 Å². The Hall–Kier alpha value is -1.75. The number of nitrogens with zero attached hydrogens (tertiary/aromatic N) is 1. The molecule has 0 aliphatic carbocycles. The summed E-state index contributed by atoms with van der Waals surface area (Å²) in [5.74, 6) is 0.712. The van der Waals surface area contributed by atoms with Gasteiger partial charge in [-0.3, -0.25) is 4.79 Å². The van der Waals surface area contributed by atoms with Gasteiger partial charge in [0.1, 0.15) is 11.5 Å². The van der Waals surface area contributed by atoms with E-state index in [2.05, 4.69) is 24.1 Å². The Morgan fingerprint density at radius 1 is 1.35 bits per heavy atom. The third-order valence-electron chi connectivity index (χ3n) is 3.06. The number of aromatic hydroxyl groups is 1. The molecule has 0 spiro atoms. The van der Waals surface area contributed by atoms with Gasteiger partial charge in [-0.05, 0) is 25.2 Å². The number of phenols is 1. The number of hydrogen-bond acceptors (Lipinski definition) is 4. The van der Waals surface area contributed by atoms with Crippen molar-refractivity contribution in [2.24, 2.45) is 0 Å². The molecule has 2 N–H and O–H groups in total. The molecule has 0 atom stereocenters. The number of ether oxygens (including phenoxy) is 1. The summed E-state index contributed by atoms with van der Waals surface area (Å²) >= 11 is 0. The molecular weight excluding hydrogens is 256 g/mol. The summed E-state index contributed by atoms with van der Waals surface area (Å²) in [5.41, 5.74) is 0. The molecule has 1 rings (SSSR count). The van der Waals surface area contributed by atoms with Gasteiger partial charge >= 0.3 is 0 Å². The summed E-state index contributed by atoms with van der Waals surface area (Å²) in [4.78, 5) is 13.9. The lowest BCUT2D eigenvalue weighted by Crippen LogP contribution is -2.35. The number of hydrogen-bond donors (Lipinski definition) is 2. The second-order valence-corrected chi connectivity index (χ2v) is 4.47. The number of rotatable bonds is 9. The van der Waals surface area contributed by atoms with Crippen molar-refractivity contribution in [3.8, 4) is 11.5 Å². The number of amides is 1. The maximum Gasteiger partial charge on any atom is 0.223 e. The number of phenolic OH excluding ortho intramolecular Hbond substituents is 1. The van der Waals surface area contributed by atoms with Gasteiger partial charge in [0, 0.05) is 19.2 Å². The largest absolute Gasteiger partial charge is 0.508 e. The van der Waals surface area contributed by atoms with E-state index < -0.39 is 0 Å². The van der Waals surface area contributed by atoms with E-state index in [1.54, 1.807) is 18.2 Å². The second kappa shape index (κ2) is 9.20. The van der Waals surface area contributed by atoms with Crippen molar-refractivity contribution in [1.82, 2.24) is 10.2 Å². The predicted octanol–water partition coefficient (Wildman–Crippen LogP) is 1.62. The second-order valence-electron chi connectivity index (χ2n) is 4.47. The van der Waals surface area contributed by atoms with Gasteiger partial charge in [-0.15, -0.1) is 0 Å². The van der Waals surface area contributed by atoms with Gasteiger partial charge in [-0.1, -0.05) is 19.9 Å². The molecule has 5 nitrogen and oxygen atoms in total. The first-order chi connectivity index (χ1) is 9.65. The van der Waals surface area contributed by atoms with Crippen LogP contribution in [-0.4, -0.2) is 48.7 Å². The van der Waals surface area contributed by atoms with Crippen molar-refractivity contribution >= 4 is 5.91 Å².